The molecule has 7 nitrogen and oxygen atoms in total. The Morgan fingerprint density at radius 2 is 2.03 bits per heavy atom. The lowest BCUT2D eigenvalue weighted by molar-refractivity contribution is -0.137. The van der Waals surface area contributed by atoms with E-state index in [-0.39, 0.29) is 18.1 Å². The van der Waals surface area contributed by atoms with Gasteiger partial charge in [-0.3, -0.25) is 9.59 Å². The number of alkyl halides is 3. The van der Waals surface area contributed by atoms with Crippen LogP contribution in [0.5, 0.6) is 0 Å². The van der Waals surface area contributed by atoms with Crippen LogP contribution in [0.3, 0.4) is 0 Å². The lowest BCUT2D eigenvalue weighted by Gasteiger charge is -2.11. The van der Waals surface area contributed by atoms with E-state index in [9.17, 15) is 22.8 Å². The number of hydrogen-bond donors (Lipinski definition) is 1. The normalized spacial score (nSPS) is 14.0. The van der Waals surface area contributed by atoms with Crippen LogP contribution >= 0.6 is 0 Å². The van der Waals surface area contributed by atoms with Crippen molar-refractivity contribution < 1.29 is 22.5 Å². The van der Waals surface area contributed by atoms with Gasteiger partial charge in [0.15, 0.2) is 5.82 Å². The van der Waals surface area contributed by atoms with Crippen molar-refractivity contribution in [2.45, 2.75) is 31.5 Å². The van der Waals surface area contributed by atoms with E-state index in [0.717, 1.165) is 29.5 Å². The summed E-state index contributed by atoms with van der Waals surface area (Å²) in [6, 6.07) is 7.03. The number of carbonyl (C=O) groups is 1. The third kappa shape index (κ3) is 4.36. The fourth-order valence-electron chi connectivity index (χ4n) is 2.77. The molecule has 1 amide bonds. The van der Waals surface area contributed by atoms with Crippen molar-refractivity contribution in [2.24, 2.45) is 0 Å². The number of aromatic nitrogens is 3. The van der Waals surface area contributed by atoms with Crippen molar-refractivity contribution in [3.05, 3.63) is 64.3 Å². The van der Waals surface area contributed by atoms with Gasteiger partial charge in [-0.05, 0) is 37.1 Å². The summed E-state index contributed by atoms with van der Waals surface area (Å²) in [4.78, 5) is 28.6. The Morgan fingerprint density at radius 3 is 2.76 bits per heavy atom. The highest BCUT2D eigenvalue weighted by atomic mass is 19.4. The van der Waals surface area contributed by atoms with E-state index in [1.165, 1.54) is 30.5 Å². The first-order valence-corrected chi connectivity index (χ1v) is 8.81. The molecule has 0 atom stereocenters. The maximum atomic E-state index is 12.8. The van der Waals surface area contributed by atoms with E-state index in [0.29, 0.717) is 17.3 Å². The highest BCUT2D eigenvalue weighted by Crippen LogP contribution is 2.38. The summed E-state index contributed by atoms with van der Waals surface area (Å²) >= 11 is 0. The van der Waals surface area contributed by atoms with E-state index in [1.54, 1.807) is 0 Å². The first kappa shape index (κ1) is 18.9. The zero-order chi connectivity index (χ0) is 20.6. The second-order valence-electron chi connectivity index (χ2n) is 6.74. The molecule has 0 unspecified atom stereocenters. The number of amides is 1. The Morgan fingerprint density at radius 1 is 1.24 bits per heavy atom. The fraction of sp³-hybridized carbons (Fsp3) is 0.263. The molecule has 4 rings (SSSR count). The van der Waals surface area contributed by atoms with Gasteiger partial charge in [-0.15, -0.1) is 0 Å². The summed E-state index contributed by atoms with van der Waals surface area (Å²) in [5.74, 6) is 0.503. The molecule has 0 spiro atoms. The van der Waals surface area contributed by atoms with E-state index in [2.05, 4.69) is 15.5 Å². The molecular weight excluding hydrogens is 389 g/mol. The largest absolute Gasteiger partial charge is 0.416 e. The smallest absolute Gasteiger partial charge is 0.334 e. The molecule has 150 valence electrons. The lowest BCUT2D eigenvalue weighted by atomic mass is 10.2. The van der Waals surface area contributed by atoms with Crippen LogP contribution in [0.25, 0.3) is 11.5 Å². The third-order valence-electron chi connectivity index (χ3n) is 4.40. The molecule has 3 aromatic rings. The van der Waals surface area contributed by atoms with Gasteiger partial charge >= 0.3 is 6.18 Å². The van der Waals surface area contributed by atoms with Crippen molar-refractivity contribution in [3.8, 4) is 11.5 Å². The van der Waals surface area contributed by atoms with Crippen molar-refractivity contribution in [1.82, 2.24) is 14.7 Å². The standard InChI is InChI=1S/C19H15F3N4O3/c20-19(21,22)13-2-1-3-14(8-13)23-15(27)10-26-9-12(6-7-16(26)28)18-24-17(25-29-18)11-4-5-11/h1-3,6-9,11H,4-5,10H2,(H,23,27). The highest BCUT2D eigenvalue weighted by molar-refractivity contribution is 5.90. The van der Waals surface area contributed by atoms with E-state index in [1.807, 2.05) is 0 Å². The zero-order valence-electron chi connectivity index (χ0n) is 14.9. The molecule has 1 aromatic carbocycles. The monoisotopic (exact) mass is 404 g/mol. The molecule has 1 fully saturated rings. The summed E-state index contributed by atoms with van der Waals surface area (Å²) in [5, 5.41) is 6.27. The van der Waals surface area contributed by atoms with Crippen LogP contribution in [0.4, 0.5) is 18.9 Å². The molecule has 1 saturated carbocycles. The quantitative estimate of drug-likeness (QED) is 0.704. The Balaban J connectivity index is 1.50. The van der Waals surface area contributed by atoms with Gasteiger partial charge in [0.2, 0.25) is 5.91 Å². The molecule has 1 N–H and O–H groups in total. The summed E-state index contributed by atoms with van der Waals surface area (Å²) < 4.78 is 44.7. The van der Waals surface area contributed by atoms with Crippen LogP contribution in [-0.2, 0) is 17.5 Å². The molecule has 1 aliphatic rings. The molecule has 2 aromatic heterocycles. The Labute approximate surface area is 162 Å². The predicted octanol–water partition coefficient (Wildman–Crippen LogP) is 3.43. The van der Waals surface area contributed by atoms with Gasteiger partial charge in [0.25, 0.3) is 11.4 Å². The van der Waals surface area contributed by atoms with Crippen molar-refractivity contribution in [3.63, 3.8) is 0 Å². The predicted molar refractivity (Wildman–Crippen MR) is 96.0 cm³/mol. The SMILES string of the molecule is O=C(Cn1cc(-c2nc(C3CC3)no2)ccc1=O)Nc1cccc(C(F)(F)F)c1. The van der Waals surface area contributed by atoms with Crippen LogP contribution in [0.1, 0.15) is 30.1 Å². The summed E-state index contributed by atoms with van der Waals surface area (Å²) in [6.07, 6.45) is -1.10. The number of hydrogen-bond acceptors (Lipinski definition) is 5. The second-order valence-corrected chi connectivity index (χ2v) is 6.74. The van der Waals surface area contributed by atoms with Crippen LogP contribution in [-0.4, -0.2) is 20.6 Å². The average molecular weight is 404 g/mol. The van der Waals surface area contributed by atoms with Crippen molar-refractivity contribution in [1.29, 1.82) is 0 Å². The summed E-state index contributed by atoms with van der Waals surface area (Å²) in [5.41, 5.74) is -0.872. The minimum atomic E-state index is -4.52. The molecular formula is C19H15F3N4O3. The number of nitrogens with zero attached hydrogens (tertiary/aromatic N) is 3. The number of halogens is 3. The highest BCUT2D eigenvalue weighted by Gasteiger charge is 2.30. The van der Waals surface area contributed by atoms with Gasteiger partial charge < -0.3 is 14.4 Å². The molecule has 1 aliphatic carbocycles. The van der Waals surface area contributed by atoms with Gasteiger partial charge in [-0.2, -0.15) is 18.2 Å². The first-order chi connectivity index (χ1) is 13.8. The summed E-state index contributed by atoms with van der Waals surface area (Å²) in [6.45, 7) is -0.382. The van der Waals surface area contributed by atoms with Gasteiger partial charge in [0.1, 0.15) is 6.54 Å². The van der Waals surface area contributed by atoms with Crippen LogP contribution in [0, 0.1) is 0 Å². The number of anilines is 1. The topological polar surface area (TPSA) is 90.0 Å². The van der Waals surface area contributed by atoms with E-state index >= 15 is 0 Å². The third-order valence-corrected chi connectivity index (χ3v) is 4.40. The lowest BCUT2D eigenvalue weighted by Crippen LogP contribution is -2.27. The van der Waals surface area contributed by atoms with Gasteiger partial charge in [0.05, 0.1) is 11.1 Å². The maximum Gasteiger partial charge on any atom is 0.416 e. The minimum absolute atomic E-state index is 0.0139. The minimum Gasteiger partial charge on any atom is -0.334 e. The molecule has 29 heavy (non-hydrogen) atoms. The van der Waals surface area contributed by atoms with Gasteiger partial charge in [0, 0.05) is 23.9 Å². The van der Waals surface area contributed by atoms with Crippen LogP contribution < -0.4 is 10.9 Å². The Bertz CT molecular complexity index is 1120. The van der Waals surface area contributed by atoms with Crippen LogP contribution in [0.15, 0.2) is 51.9 Å². The molecule has 0 bridgehead atoms. The zero-order valence-corrected chi connectivity index (χ0v) is 14.9. The fourth-order valence-corrected chi connectivity index (χ4v) is 2.77. The van der Waals surface area contributed by atoms with Crippen molar-refractivity contribution in [2.75, 3.05) is 5.32 Å². The number of carbonyl (C=O) groups excluding carboxylic acids is 1. The first-order valence-electron chi connectivity index (χ1n) is 8.81. The van der Waals surface area contributed by atoms with Gasteiger partial charge in [-0.1, -0.05) is 11.2 Å². The second kappa shape index (κ2) is 7.19. The average Bonchev–Trinajstić information content (AvgIpc) is 3.40. The Hall–Kier alpha value is -3.43. The molecule has 0 radical (unpaired) electrons. The molecule has 2 heterocycles. The molecule has 0 aliphatic heterocycles. The van der Waals surface area contributed by atoms with Crippen LogP contribution in [0.2, 0.25) is 0 Å². The Kier molecular flexibility index (Phi) is 4.69. The number of benzene rings is 1. The summed E-state index contributed by atoms with van der Waals surface area (Å²) in [7, 11) is 0. The van der Waals surface area contributed by atoms with E-state index < -0.39 is 23.2 Å². The number of rotatable bonds is 5. The number of nitrogens with one attached hydrogen (secondary N) is 1. The number of pyridine rings is 1. The van der Waals surface area contributed by atoms with E-state index in [4.69, 9.17) is 4.52 Å². The molecule has 0 saturated heterocycles. The van der Waals surface area contributed by atoms with Gasteiger partial charge in [-0.25, -0.2) is 0 Å². The molecule has 10 heteroatoms. The van der Waals surface area contributed by atoms with Crippen molar-refractivity contribution >= 4 is 11.6 Å². The maximum absolute atomic E-state index is 12.8.